The SMILES string of the molecule is CN=C(NCCSC)NCc1ccccc1CN1CCCCCC1. The van der Waals surface area contributed by atoms with Gasteiger partial charge in [-0.25, -0.2) is 0 Å². The first kappa shape index (κ1) is 19.1. The summed E-state index contributed by atoms with van der Waals surface area (Å²) >= 11 is 1.84. The van der Waals surface area contributed by atoms with Crippen LogP contribution < -0.4 is 10.6 Å². The smallest absolute Gasteiger partial charge is 0.191 e. The van der Waals surface area contributed by atoms with Gasteiger partial charge < -0.3 is 10.6 Å². The highest BCUT2D eigenvalue weighted by molar-refractivity contribution is 7.98. The summed E-state index contributed by atoms with van der Waals surface area (Å²) in [5.74, 6) is 1.97. The molecule has 24 heavy (non-hydrogen) atoms. The third-order valence-electron chi connectivity index (χ3n) is 4.48. The van der Waals surface area contributed by atoms with Crippen LogP contribution in [0, 0.1) is 0 Å². The van der Waals surface area contributed by atoms with Crippen LogP contribution in [0.1, 0.15) is 36.8 Å². The topological polar surface area (TPSA) is 39.7 Å². The molecule has 0 atom stereocenters. The molecule has 0 radical (unpaired) electrons. The fourth-order valence-electron chi connectivity index (χ4n) is 3.09. The normalized spacial score (nSPS) is 16.7. The zero-order valence-corrected chi connectivity index (χ0v) is 16.0. The highest BCUT2D eigenvalue weighted by atomic mass is 32.2. The van der Waals surface area contributed by atoms with Crippen LogP contribution in [0.25, 0.3) is 0 Å². The minimum absolute atomic E-state index is 0.822. The summed E-state index contributed by atoms with van der Waals surface area (Å²) in [6.07, 6.45) is 7.57. The fraction of sp³-hybridized carbons (Fsp3) is 0.632. The maximum atomic E-state index is 4.31. The Labute approximate surface area is 151 Å². The fourth-order valence-corrected chi connectivity index (χ4v) is 3.40. The summed E-state index contributed by atoms with van der Waals surface area (Å²) in [6.45, 7) is 5.30. The Kier molecular flexibility index (Phi) is 9.06. The molecule has 134 valence electrons. The molecule has 1 aliphatic heterocycles. The van der Waals surface area contributed by atoms with Gasteiger partial charge in [-0.15, -0.1) is 0 Å². The molecule has 1 heterocycles. The van der Waals surface area contributed by atoms with Crippen molar-refractivity contribution in [3.8, 4) is 0 Å². The van der Waals surface area contributed by atoms with E-state index < -0.39 is 0 Å². The Bertz CT molecular complexity index is 496. The third kappa shape index (κ3) is 6.73. The lowest BCUT2D eigenvalue weighted by Crippen LogP contribution is -2.38. The summed E-state index contributed by atoms with van der Waals surface area (Å²) in [6, 6.07) is 8.79. The number of hydrogen-bond donors (Lipinski definition) is 2. The van der Waals surface area contributed by atoms with Gasteiger partial charge >= 0.3 is 0 Å². The largest absolute Gasteiger partial charge is 0.356 e. The van der Waals surface area contributed by atoms with Crippen molar-refractivity contribution in [3.63, 3.8) is 0 Å². The lowest BCUT2D eigenvalue weighted by atomic mass is 10.1. The van der Waals surface area contributed by atoms with Crippen LogP contribution in [-0.2, 0) is 13.1 Å². The monoisotopic (exact) mass is 348 g/mol. The van der Waals surface area contributed by atoms with E-state index in [4.69, 9.17) is 0 Å². The molecular formula is C19H32N4S. The number of aliphatic imine (C=N–C) groups is 1. The molecule has 0 unspecified atom stereocenters. The van der Waals surface area contributed by atoms with Crippen LogP contribution in [0.2, 0.25) is 0 Å². The molecule has 2 rings (SSSR count). The van der Waals surface area contributed by atoms with Crippen LogP contribution in [-0.4, -0.2) is 49.6 Å². The molecule has 1 aliphatic rings. The van der Waals surface area contributed by atoms with Crippen LogP contribution in [0.4, 0.5) is 0 Å². The Balaban J connectivity index is 1.90. The number of rotatable bonds is 7. The van der Waals surface area contributed by atoms with Gasteiger partial charge in [0, 0.05) is 32.4 Å². The molecule has 0 spiro atoms. The second-order valence-corrected chi connectivity index (χ2v) is 7.29. The van der Waals surface area contributed by atoms with Crippen molar-refractivity contribution >= 4 is 17.7 Å². The molecule has 0 aromatic heterocycles. The molecule has 0 amide bonds. The second-order valence-electron chi connectivity index (χ2n) is 6.30. The third-order valence-corrected chi connectivity index (χ3v) is 5.09. The van der Waals surface area contributed by atoms with E-state index in [1.807, 2.05) is 18.8 Å². The van der Waals surface area contributed by atoms with E-state index in [1.54, 1.807) is 0 Å². The lowest BCUT2D eigenvalue weighted by Gasteiger charge is -2.22. The van der Waals surface area contributed by atoms with E-state index in [0.717, 1.165) is 31.3 Å². The van der Waals surface area contributed by atoms with Crippen molar-refractivity contribution in [3.05, 3.63) is 35.4 Å². The zero-order chi connectivity index (χ0) is 17.0. The van der Waals surface area contributed by atoms with Gasteiger partial charge in [0.25, 0.3) is 0 Å². The van der Waals surface area contributed by atoms with Gasteiger partial charge in [-0.1, -0.05) is 37.1 Å². The summed E-state index contributed by atoms with van der Waals surface area (Å²) in [5.41, 5.74) is 2.81. The number of thioether (sulfide) groups is 1. The number of nitrogens with one attached hydrogen (secondary N) is 2. The van der Waals surface area contributed by atoms with Crippen LogP contribution in [0.3, 0.4) is 0 Å². The maximum Gasteiger partial charge on any atom is 0.191 e. The van der Waals surface area contributed by atoms with Crippen molar-refractivity contribution in [1.29, 1.82) is 0 Å². The molecular weight excluding hydrogens is 316 g/mol. The van der Waals surface area contributed by atoms with Gasteiger partial charge in [-0.3, -0.25) is 9.89 Å². The van der Waals surface area contributed by atoms with Gasteiger partial charge in [0.05, 0.1) is 0 Å². The van der Waals surface area contributed by atoms with Gasteiger partial charge in [-0.05, 0) is 43.3 Å². The van der Waals surface area contributed by atoms with Crippen LogP contribution in [0.15, 0.2) is 29.3 Å². The first-order chi connectivity index (χ1) is 11.8. The summed E-state index contributed by atoms with van der Waals surface area (Å²) in [7, 11) is 1.83. The van der Waals surface area contributed by atoms with Crippen molar-refractivity contribution in [2.75, 3.05) is 38.7 Å². The summed E-state index contributed by atoms with van der Waals surface area (Å²) in [4.78, 5) is 6.92. The molecule has 0 aliphatic carbocycles. The molecule has 1 saturated heterocycles. The highest BCUT2D eigenvalue weighted by Gasteiger charge is 2.11. The van der Waals surface area contributed by atoms with Crippen molar-refractivity contribution in [2.45, 2.75) is 38.8 Å². The Morgan fingerprint density at radius 2 is 1.79 bits per heavy atom. The Morgan fingerprint density at radius 1 is 1.08 bits per heavy atom. The van der Waals surface area contributed by atoms with Gasteiger partial charge in [-0.2, -0.15) is 11.8 Å². The number of hydrogen-bond acceptors (Lipinski definition) is 3. The molecule has 5 heteroatoms. The highest BCUT2D eigenvalue weighted by Crippen LogP contribution is 2.16. The van der Waals surface area contributed by atoms with E-state index >= 15 is 0 Å². The standard InChI is InChI=1S/C19H32N4S/c1-20-19(21-11-14-24-2)22-15-17-9-5-6-10-18(17)16-23-12-7-3-4-8-13-23/h5-6,9-10H,3-4,7-8,11-16H2,1-2H3,(H2,20,21,22). The van der Waals surface area contributed by atoms with E-state index in [-0.39, 0.29) is 0 Å². The minimum atomic E-state index is 0.822. The van der Waals surface area contributed by atoms with E-state index in [0.29, 0.717) is 0 Å². The molecule has 4 nitrogen and oxygen atoms in total. The number of benzene rings is 1. The molecule has 1 fully saturated rings. The minimum Gasteiger partial charge on any atom is -0.356 e. The predicted molar refractivity (Wildman–Crippen MR) is 107 cm³/mol. The Morgan fingerprint density at radius 3 is 2.46 bits per heavy atom. The van der Waals surface area contributed by atoms with Gasteiger partial charge in [0.2, 0.25) is 0 Å². The molecule has 1 aromatic carbocycles. The Hall–Kier alpha value is -1.20. The second kappa shape index (κ2) is 11.4. The summed E-state index contributed by atoms with van der Waals surface area (Å²) < 4.78 is 0. The van der Waals surface area contributed by atoms with Crippen LogP contribution >= 0.6 is 11.8 Å². The molecule has 0 saturated carbocycles. The van der Waals surface area contributed by atoms with Gasteiger partial charge in [0.15, 0.2) is 5.96 Å². The van der Waals surface area contributed by atoms with Crippen LogP contribution in [0.5, 0.6) is 0 Å². The first-order valence-electron chi connectivity index (χ1n) is 9.06. The number of guanidine groups is 1. The quantitative estimate of drug-likeness (QED) is 0.451. The lowest BCUT2D eigenvalue weighted by molar-refractivity contribution is 0.276. The van der Waals surface area contributed by atoms with Crippen molar-refractivity contribution in [1.82, 2.24) is 15.5 Å². The predicted octanol–water partition coefficient (Wildman–Crippen LogP) is 3.09. The summed E-state index contributed by atoms with van der Waals surface area (Å²) in [5, 5.41) is 6.80. The van der Waals surface area contributed by atoms with Crippen molar-refractivity contribution in [2.24, 2.45) is 4.99 Å². The van der Waals surface area contributed by atoms with E-state index in [2.05, 4.69) is 51.0 Å². The molecule has 1 aromatic rings. The average Bonchev–Trinajstić information content (AvgIpc) is 2.88. The van der Waals surface area contributed by atoms with E-state index in [9.17, 15) is 0 Å². The van der Waals surface area contributed by atoms with Crippen molar-refractivity contribution < 1.29 is 0 Å². The molecule has 0 bridgehead atoms. The molecule has 2 N–H and O–H groups in total. The zero-order valence-electron chi connectivity index (χ0n) is 15.2. The average molecular weight is 349 g/mol. The number of likely N-dealkylation sites (tertiary alicyclic amines) is 1. The maximum absolute atomic E-state index is 4.31. The number of nitrogens with zero attached hydrogens (tertiary/aromatic N) is 2. The van der Waals surface area contributed by atoms with Gasteiger partial charge in [0.1, 0.15) is 0 Å². The first-order valence-corrected chi connectivity index (χ1v) is 10.5. The van der Waals surface area contributed by atoms with E-state index in [1.165, 1.54) is 49.9 Å².